The molecule has 0 fully saturated rings. The van der Waals surface area contributed by atoms with Crippen molar-refractivity contribution in [3.05, 3.63) is 35.8 Å². The third-order valence-electron chi connectivity index (χ3n) is 1.55. The molecular formula is C9H11N. The molecule has 10 heavy (non-hydrogen) atoms. The zero-order chi connectivity index (χ0) is 7.56. The van der Waals surface area contributed by atoms with Gasteiger partial charge in [-0.05, 0) is 26.0 Å². The average molecular weight is 133 g/mol. The van der Waals surface area contributed by atoms with Crippen molar-refractivity contribution in [2.75, 3.05) is 0 Å². The minimum atomic E-state index is 1.22. The Kier molecular flexibility index (Phi) is 1.79. The molecule has 0 aliphatic heterocycles. The molecule has 0 unspecified atom stereocenters. The van der Waals surface area contributed by atoms with Gasteiger partial charge in [-0.25, -0.2) is 0 Å². The molecule has 1 aromatic heterocycles. The van der Waals surface area contributed by atoms with Crippen LogP contribution in [0.3, 0.4) is 0 Å². The van der Waals surface area contributed by atoms with E-state index in [9.17, 15) is 0 Å². The quantitative estimate of drug-likeness (QED) is 0.518. The summed E-state index contributed by atoms with van der Waals surface area (Å²) in [4.78, 5) is 0. The summed E-state index contributed by atoms with van der Waals surface area (Å²) in [6, 6.07) is 4.15. The molecular weight excluding hydrogens is 122 g/mol. The van der Waals surface area contributed by atoms with Gasteiger partial charge >= 0.3 is 0 Å². The lowest BCUT2D eigenvalue weighted by Crippen LogP contribution is -1.89. The standard InChI is InChI=1S/C9H11N/c1-4-7-10-8(2)5-6-9(10)3/h5-7H,1H2,2-3H3. The molecule has 0 aromatic carbocycles. The van der Waals surface area contributed by atoms with Crippen LogP contribution >= 0.6 is 0 Å². The molecule has 0 aliphatic rings. The summed E-state index contributed by atoms with van der Waals surface area (Å²) in [7, 11) is 0. The molecule has 0 radical (unpaired) electrons. The fraction of sp³-hybridized carbons (Fsp3) is 0.222. The SMILES string of the molecule is C=C=Cn1c(C)ccc1C. The molecule has 1 nitrogen and oxygen atoms in total. The Hall–Kier alpha value is -1.20. The molecule has 0 N–H and O–H groups in total. The first kappa shape index (κ1) is 6.91. The normalized spacial score (nSPS) is 9.00. The van der Waals surface area contributed by atoms with Crippen molar-refractivity contribution in [3.63, 3.8) is 0 Å². The van der Waals surface area contributed by atoms with Crippen LogP contribution in [0.25, 0.3) is 6.20 Å². The van der Waals surface area contributed by atoms with Gasteiger partial charge in [-0.2, -0.15) is 0 Å². The molecule has 0 amide bonds. The van der Waals surface area contributed by atoms with E-state index in [4.69, 9.17) is 0 Å². The van der Waals surface area contributed by atoms with Gasteiger partial charge in [0.2, 0.25) is 0 Å². The first-order chi connectivity index (χ1) is 4.75. The van der Waals surface area contributed by atoms with E-state index < -0.39 is 0 Å². The van der Waals surface area contributed by atoms with Crippen molar-refractivity contribution in [1.29, 1.82) is 0 Å². The second-order valence-corrected chi connectivity index (χ2v) is 2.32. The Morgan fingerprint density at radius 1 is 1.40 bits per heavy atom. The molecule has 1 rings (SSSR count). The largest absolute Gasteiger partial charge is 0.318 e. The van der Waals surface area contributed by atoms with E-state index in [1.807, 2.05) is 10.8 Å². The number of aryl methyl sites for hydroxylation is 2. The highest BCUT2D eigenvalue weighted by Gasteiger charge is 1.94. The van der Waals surface area contributed by atoms with Crippen molar-refractivity contribution in [2.24, 2.45) is 0 Å². The summed E-state index contributed by atoms with van der Waals surface area (Å²) in [5.74, 6) is 0. The minimum absolute atomic E-state index is 1.22. The lowest BCUT2D eigenvalue weighted by atomic mass is 10.5. The topological polar surface area (TPSA) is 4.93 Å². The monoisotopic (exact) mass is 133 g/mol. The fourth-order valence-corrected chi connectivity index (χ4v) is 0.975. The van der Waals surface area contributed by atoms with Crippen molar-refractivity contribution in [3.8, 4) is 0 Å². The molecule has 0 saturated heterocycles. The first-order valence-electron chi connectivity index (χ1n) is 3.26. The van der Waals surface area contributed by atoms with Crippen LogP contribution in [0.1, 0.15) is 11.4 Å². The summed E-state index contributed by atoms with van der Waals surface area (Å²) in [6.45, 7) is 7.63. The van der Waals surface area contributed by atoms with Gasteiger partial charge in [0.05, 0.1) is 6.20 Å². The van der Waals surface area contributed by atoms with Crippen LogP contribution in [0.5, 0.6) is 0 Å². The lowest BCUT2D eigenvalue weighted by Gasteiger charge is -1.97. The number of hydrogen-bond donors (Lipinski definition) is 0. The fourth-order valence-electron chi connectivity index (χ4n) is 0.975. The number of rotatable bonds is 1. The van der Waals surface area contributed by atoms with Crippen molar-refractivity contribution >= 4 is 6.20 Å². The molecule has 0 saturated carbocycles. The maximum Gasteiger partial charge on any atom is 0.0505 e. The highest BCUT2D eigenvalue weighted by molar-refractivity contribution is 5.30. The molecule has 52 valence electrons. The van der Waals surface area contributed by atoms with E-state index in [2.05, 4.69) is 38.3 Å². The predicted molar refractivity (Wildman–Crippen MR) is 43.8 cm³/mol. The zero-order valence-corrected chi connectivity index (χ0v) is 6.39. The maximum atomic E-state index is 3.52. The van der Waals surface area contributed by atoms with Gasteiger partial charge in [-0.1, -0.05) is 6.58 Å². The minimum Gasteiger partial charge on any atom is -0.318 e. The summed E-state index contributed by atoms with van der Waals surface area (Å²) >= 11 is 0. The van der Waals surface area contributed by atoms with Crippen LogP contribution in [-0.4, -0.2) is 4.57 Å². The Balaban J connectivity index is 3.22. The molecule has 0 bridgehead atoms. The zero-order valence-electron chi connectivity index (χ0n) is 6.39. The molecule has 1 aromatic rings. The smallest absolute Gasteiger partial charge is 0.0505 e. The van der Waals surface area contributed by atoms with Gasteiger partial charge in [-0.15, -0.1) is 5.73 Å². The Labute approximate surface area is 61.3 Å². The molecule has 1 heteroatoms. The Bertz CT molecular complexity index is 255. The average Bonchev–Trinajstić information content (AvgIpc) is 2.20. The summed E-state index contributed by atoms with van der Waals surface area (Å²) < 4.78 is 2.05. The van der Waals surface area contributed by atoms with Crippen molar-refractivity contribution in [2.45, 2.75) is 13.8 Å². The third kappa shape index (κ3) is 1.04. The molecule has 0 atom stereocenters. The first-order valence-corrected chi connectivity index (χ1v) is 3.26. The second-order valence-electron chi connectivity index (χ2n) is 2.32. The number of nitrogens with zero attached hydrogens (tertiary/aromatic N) is 1. The maximum absolute atomic E-state index is 3.52. The van der Waals surface area contributed by atoms with E-state index in [0.717, 1.165) is 0 Å². The highest BCUT2D eigenvalue weighted by atomic mass is 15.0. The van der Waals surface area contributed by atoms with E-state index in [-0.39, 0.29) is 0 Å². The van der Waals surface area contributed by atoms with Crippen LogP contribution < -0.4 is 0 Å². The second kappa shape index (κ2) is 2.59. The van der Waals surface area contributed by atoms with E-state index in [1.54, 1.807) is 0 Å². The van der Waals surface area contributed by atoms with Crippen LogP contribution in [0.15, 0.2) is 24.4 Å². The van der Waals surface area contributed by atoms with Gasteiger partial charge in [0.1, 0.15) is 0 Å². The summed E-state index contributed by atoms with van der Waals surface area (Å²) in [6.07, 6.45) is 1.84. The van der Waals surface area contributed by atoms with Gasteiger partial charge < -0.3 is 4.57 Å². The van der Waals surface area contributed by atoms with Gasteiger partial charge in [0, 0.05) is 11.4 Å². The predicted octanol–water partition coefficient (Wildman–Crippen LogP) is 2.36. The lowest BCUT2D eigenvalue weighted by molar-refractivity contribution is 1.03. The van der Waals surface area contributed by atoms with E-state index in [0.29, 0.717) is 0 Å². The Morgan fingerprint density at radius 2 is 1.90 bits per heavy atom. The molecule has 0 spiro atoms. The third-order valence-corrected chi connectivity index (χ3v) is 1.55. The highest BCUT2D eigenvalue weighted by Crippen LogP contribution is 2.06. The van der Waals surface area contributed by atoms with Crippen LogP contribution in [0.4, 0.5) is 0 Å². The van der Waals surface area contributed by atoms with Gasteiger partial charge in [0.25, 0.3) is 0 Å². The van der Waals surface area contributed by atoms with Crippen LogP contribution in [0.2, 0.25) is 0 Å². The van der Waals surface area contributed by atoms with Crippen LogP contribution in [0, 0.1) is 13.8 Å². The summed E-state index contributed by atoms with van der Waals surface area (Å²) in [5, 5.41) is 0. The number of hydrogen-bond acceptors (Lipinski definition) is 0. The molecule has 1 heterocycles. The van der Waals surface area contributed by atoms with Crippen molar-refractivity contribution < 1.29 is 0 Å². The van der Waals surface area contributed by atoms with Gasteiger partial charge in [-0.3, -0.25) is 0 Å². The van der Waals surface area contributed by atoms with E-state index in [1.165, 1.54) is 11.4 Å². The molecule has 0 aliphatic carbocycles. The van der Waals surface area contributed by atoms with Crippen LogP contribution in [-0.2, 0) is 0 Å². The van der Waals surface area contributed by atoms with Crippen molar-refractivity contribution in [1.82, 2.24) is 4.57 Å². The number of aromatic nitrogens is 1. The summed E-state index contributed by atoms with van der Waals surface area (Å²) in [5.41, 5.74) is 5.17. The van der Waals surface area contributed by atoms with E-state index >= 15 is 0 Å². The Morgan fingerprint density at radius 3 is 2.30 bits per heavy atom. The van der Waals surface area contributed by atoms with Gasteiger partial charge in [0.15, 0.2) is 0 Å².